The van der Waals surface area contributed by atoms with Crippen molar-refractivity contribution in [3.63, 3.8) is 0 Å². The second kappa shape index (κ2) is 8.52. The minimum atomic E-state index is 0.773. The molecule has 0 spiro atoms. The van der Waals surface area contributed by atoms with E-state index in [0.717, 1.165) is 70.7 Å². The number of pyridine rings is 2. The van der Waals surface area contributed by atoms with Crippen LogP contribution in [0.2, 0.25) is 0 Å². The van der Waals surface area contributed by atoms with Gasteiger partial charge in [0.1, 0.15) is 5.65 Å². The highest BCUT2D eigenvalue weighted by Crippen LogP contribution is 2.30. The minimum absolute atomic E-state index is 0.773. The van der Waals surface area contributed by atoms with Gasteiger partial charge in [0.25, 0.3) is 0 Å². The van der Waals surface area contributed by atoms with Crippen molar-refractivity contribution < 1.29 is 4.74 Å². The zero-order valence-corrected chi connectivity index (χ0v) is 18.2. The molecule has 1 aliphatic rings. The molecule has 5 aromatic rings. The number of ether oxygens (including phenoxy) is 1. The van der Waals surface area contributed by atoms with Gasteiger partial charge in [-0.2, -0.15) is 0 Å². The number of aromatic nitrogens is 3. The van der Waals surface area contributed by atoms with Gasteiger partial charge >= 0.3 is 0 Å². The van der Waals surface area contributed by atoms with Gasteiger partial charge < -0.3 is 14.6 Å². The van der Waals surface area contributed by atoms with Crippen LogP contribution in [0.25, 0.3) is 45.3 Å². The number of aromatic amines is 1. The van der Waals surface area contributed by atoms with Gasteiger partial charge in [0.15, 0.2) is 0 Å². The molecule has 5 nitrogen and oxygen atoms in total. The molecule has 6 rings (SSSR count). The summed E-state index contributed by atoms with van der Waals surface area (Å²) in [5, 5.41) is 2.27. The predicted molar refractivity (Wildman–Crippen MR) is 135 cm³/mol. The molecule has 1 N–H and O–H groups in total. The van der Waals surface area contributed by atoms with Gasteiger partial charge in [-0.05, 0) is 41.5 Å². The number of nitrogens with one attached hydrogen (secondary N) is 1. The van der Waals surface area contributed by atoms with Crippen molar-refractivity contribution >= 4 is 39.8 Å². The summed E-state index contributed by atoms with van der Waals surface area (Å²) in [6, 6.07) is 23.2. The molecule has 1 fully saturated rings. The average Bonchev–Trinajstić information content (AvgIpc) is 3.26. The van der Waals surface area contributed by atoms with E-state index >= 15 is 0 Å². The molecule has 0 amide bonds. The Hall–Kier alpha value is -3.96. The lowest BCUT2D eigenvalue weighted by Crippen LogP contribution is -2.36. The monoisotopic (exact) mass is 432 g/mol. The van der Waals surface area contributed by atoms with Gasteiger partial charge in [0.2, 0.25) is 0 Å². The van der Waals surface area contributed by atoms with Gasteiger partial charge in [0.05, 0.1) is 30.8 Å². The maximum atomic E-state index is 5.45. The first-order chi connectivity index (χ1) is 16.3. The number of H-pyrrole nitrogens is 1. The summed E-state index contributed by atoms with van der Waals surface area (Å²) in [4.78, 5) is 15.2. The fourth-order valence-corrected chi connectivity index (χ4v) is 4.36. The Morgan fingerprint density at radius 3 is 2.45 bits per heavy atom. The Bertz CT molecular complexity index is 1430. The van der Waals surface area contributed by atoms with Crippen molar-refractivity contribution in [2.45, 2.75) is 0 Å². The second-order valence-electron chi connectivity index (χ2n) is 8.30. The molecule has 1 saturated heterocycles. The maximum absolute atomic E-state index is 5.45. The van der Waals surface area contributed by atoms with Gasteiger partial charge in [0, 0.05) is 41.1 Å². The lowest BCUT2D eigenvalue weighted by molar-refractivity contribution is 0.122. The van der Waals surface area contributed by atoms with Gasteiger partial charge in [-0.25, -0.2) is 4.98 Å². The summed E-state index contributed by atoms with van der Waals surface area (Å²) in [7, 11) is 0. The van der Waals surface area contributed by atoms with Crippen molar-refractivity contribution in [2.75, 3.05) is 31.2 Å². The Balaban J connectivity index is 1.33. The molecule has 0 unspecified atom stereocenters. The standard InChI is InChI=1S/C28H24N4O/c1-2-4-20(5-3-1)6-7-21-16-25-24-17-22(8-10-27(24)31-28(25)30-18-21)26-11-9-23(19-29-26)32-12-14-33-15-13-32/h1-11,16-19H,12-15H2,(H,30,31)/b7-6+. The van der Waals surface area contributed by atoms with E-state index in [-0.39, 0.29) is 0 Å². The average molecular weight is 433 g/mol. The van der Waals surface area contributed by atoms with E-state index in [1.54, 1.807) is 0 Å². The van der Waals surface area contributed by atoms with Gasteiger partial charge in [-0.3, -0.25) is 4.98 Å². The van der Waals surface area contributed by atoms with E-state index in [2.05, 4.69) is 75.6 Å². The number of hydrogen-bond acceptors (Lipinski definition) is 4. The quantitative estimate of drug-likeness (QED) is 0.391. The molecule has 33 heavy (non-hydrogen) atoms. The van der Waals surface area contributed by atoms with Crippen LogP contribution in [0, 0.1) is 0 Å². The van der Waals surface area contributed by atoms with Crippen LogP contribution >= 0.6 is 0 Å². The first-order valence-electron chi connectivity index (χ1n) is 11.3. The Morgan fingerprint density at radius 1 is 0.788 bits per heavy atom. The molecule has 4 heterocycles. The van der Waals surface area contributed by atoms with Crippen LogP contribution < -0.4 is 4.90 Å². The SMILES string of the molecule is C(=C\c1cnc2[nH]c3ccc(-c4ccc(N5CCOCC5)cn4)cc3c2c1)/c1ccccc1. The zero-order chi connectivity index (χ0) is 22.0. The number of benzene rings is 2. The molecule has 5 heteroatoms. The number of hydrogen-bond donors (Lipinski definition) is 1. The number of rotatable bonds is 4. The summed E-state index contributed by atoms with van der Waals surface area (Å²) >= 11 is 0. The molecule has 2 aromatic carbocycles. The van der Waals surface area contributed by atoms with Gasteiger partial charge in [-0.1, -0.05) is 48.6 Å². The van der Waals surface area contributed by atoms with Crippen molar-refractivity contribution in [2.24, 2.45) is 0 Å². The molecular formula is C28H24N4O. The largest absolute Gasteiger partial charge is 0.378 e. The van der Waals surface area contributed by atoms with Crippen LogP contribution in [0.1, 0.15) is 11.1 Å². The first kappa shape index (κ1) is 19.7. The number of anilines is 1. The summed E-state index contributed by atoms with van der Waals surface area (Å²) in [5.74, 6) is 0. The molecule has 0 atom stereocenters. The fourth-order valence-electron chi connectivity index (χ4n) is 4.36. The third-order valence-electron chi connectivity index (χ3n) is 6.16. The van der Waals surface area contributed by atoms with Crippen LogP contribution in [0.5, 0.6) is 0 Å². The normalized spacial score (nSPS) is 14.5. The Morgan fingerprint density at radius 2 is 1.64 bits per heavy atom. The van der Waals surface area contributed by atoms with E-state index in [9.17, 15) is 0 Å². The second-order valence-corrected chi connectivity index (χ2v) is 8.30. The van der Waals surface area contributed by atoms with E-state index in [1.165, 1.54) is 5.56 Å². The summed E-state index contributed by atoms with van der Waals surface area (Å²) < 4.78 is 5.45. The third kappa shape index (κ3) is 3.99. The number of nitrogens with zero attached hydrogens (tertiary/aromatic N) is 3. The molecular weight excluding hydrogens is 408 g/mol. The molecule has 0 bridgehead atoms. The van der Waals surface area contributed by atoms with E-state index in [1.807, 2.05) is 30.6 Å². The predicted octanol–water partition coefficient (Wildman–Crippen LogP) is 5.79. The Kier molecular flexibility index (Phi) is 5.09. The van der Waals surface area contributed by atoms with Crippen LogP contribution in [-0.2, 0) is 4.74 Å². The summed E-state index contributed by atoms with van der Waals surface area (Å²) in [6.45, 7) is 3.37. The molecule has 3 aromatic heterocycles. The summed E-state index contributed by atoms with van der Waals surface area (Å²) in [5.41, 5.74) is 7.44. The minimum Gasteiger partial charge on any atom is -0.378 e. The van der Waals surface area contributed by atoms with Crippen molar-refractivity contribution in [3.05, 3.63) is 90.3 Å². The van der Waals surface area contributed by atoms with Crippen molar-refractivity contribution in [1.82, 2.24) is 15.0 Å². The highest BCUT2D eigenvalue weighted by Gasteiger charge is 2.12. The van der Waals surface area contributed by atoms with Crippen LogP contribution in [0.3, 0.4) is 0 Å². The number of fused-ring (bicyclic) bond motifs is 3. The molecule has 0 radical (unpaired) electrons. The summed E-state index contributed by atoms with van der Waals surface area (Å²) in [6.07, 6.45) is 8.09. The van der Waals surface area contributed by atoms with Crippen LogP contribution in [0.4, 0.5) is 5.69 Å². The lowest BCUT2D eigenvalue weighted by Gasteiger charge is -2.28. The van der Waals surface area contributed by atoms with Crippen molar-refractivity contribution in [1.29, 1.82) is 0 Å². The highest BCUT2D eigenvalue weighted by atomic mass is 16.5. The van der Waals surface area contributed by atoms with E-state index < -0.39 is 0 Å². The van der Waals surface area contributed by atoms with Gasteiger partial charge in [-0.15, -0.1) is 0 Å². The molecule has 0 saturated carbocycles. The van der Waals surface area contributed by atoms with Crippen LogP contribution in [0.15, 0.2) is 79.1 Å². The number of morpholine rings is 1. The highest BCUT2D eigenvalue weighted by molar-refractivity contribution is 6.07. The maximum Gasteiger partial charge on any atom is 0.138 e. The topological polar surface area (TPSA) is 54.0 Å². The molecule has 162 valence electrons. The molecule has 1 aliphatic heterocycles. The third-order valence-corrected chi connectivity index (χ3v) is 6.16. The smallest absolute Gasteiger partial charge is 0.138 e. The Labute approximate surface area is 192 Å². The molecule has 0 aliphatic carbocycles. The first-order valence-corrected chi connectivity index (χ1v) is 11.3. The van der Waals surface area contributed by atoms with E-state index in [4.69, 9.17) is 9.72 Å². The zero-order valence-electron chi connectivity index (χ0n) is 18.2. The van der Waals surface area contributed by atoms with Crippen molar-refractivity contribution in [3.8, 4) is 11.3 Å². The lowest BCUT2D eigenvalue weighted by atomic mass is 10.1. The fraction of sp³-hybridized carbons (Fsp3) is 0.143. The van der Waals surface area contributed by atoms with Crippen LogP contribution in [-0.4, -0.2) is 41.3 Å². The van der Waals surface area contributed by atoms with E-state index in [0.29, 0.717) is 0 Å².